The standard InChI is InChI=1S/C24H22FNO/c1-16-15-19(25)11-12-20(16)23-13-14-24(27-23)22-10-6-9-21(17(2)26-22)18-7-4-3-5-8-18/h3-5,7-8,11-15H,6,9-10H2,1-2H3. The molecule has 0 fully saturated rings. The number of aryl methyl sites for hydroxylation is 1. The zero-order valence-corrected chi connectivity index (χ0v) is 15.6. The molecule has 0 saturated carbocycles. The van der Waals surface area contributed by atoms with Crippen LogP contribution in [0.2, 0.25) is 0 Å². The number of hydrogen-bond acceptors (Lipinski definition) is 2. The summed E-state index contributed by atoms with van der Waals surface area (Å²) in [5, 5.41) is 0. The number of allylic oxidation sites excluding steroid dienone is 2. The van der Waals surface area contributed by atoms with Crippen molar-refractivity contribution in [3.8, 4) is 11.3 Å². The third-order valence-corrected chi connectivity index (χ3v) is 5.05. The monoisotopic (exact) mass is 359 g/mol. The number of rotatable bonds is 3. The number of halogens is 1. The largest absolute Gasteiger partial charge is 0.455 e. The van der Waals surface area contributed by atoms with Crippen molar-refractivity contribution in [3.63, 3.8) is 0 Å². The van der Waals surface area contributed by atoms with Gasteiger partial charge in [-0.1, -0.05) is 30.3 Å². The SMILES string of the molecule is CC1=C(c2ccccc2)CCCC(c2ccc(-c3ccc(F)cc3C)o2)=N1. The molecule has 0 atom stereocenters. The number of nitrogens with zero attached hydrogens (tertiary/aromatic N) is 1. The molecule has 1 aliphatic heterocycles. The molecule has 4 rings (SSSR count). The van der Waals surface area contributed by atoms with Crippen molar-refractivity contribution < 1.29 is 8.81 Å². The molecule has 27 heavy (non-hydrogen) atoms. The lowest BCUT2D eigenvalue weighted by atomic mass is 9.99. The Morgan fingerprint density at radius 3 is 2.44 bits per heavy atom. The van der Waals surface area contributed by atoms with E-state index in [9.17, 15) is 4.39 Å². The zero-order valence-electron chi connectivity index (χ0n) is 15.6. The molecule has 1 aromatic heterocycles. The van der Waals surface area contributed by atoms with Gasteiger partial charge in [-0.05, 0) is 80.1 Å². The van der Waals surface area contributed by atoms with E-state index in [4.69, 9.17) is 9.41 Å². The Balaban J connectivity index is 1.68. The molecule has 2 aromatic carbocycles. The Morgan fingerprint density at radius 2 is 1.67 bits per heavy atom. The number of furan rings is 1. The van der Waals surface area contributed by atoms with Gasteiger partial charge in [-0.15, -0.1) is 0 Å². The molecule has 0 aliphatic carbocycles. The third kappa shape index (κ3) is 3.63. The molecule has 1 aliphatic rings. The van der Waals surface area contributed by atoms with E-state index in [2.05, 4.69) is 31.2 Å². The van der Waals surface area contributed by atoms with Gasteiger partial charge in [-0.25, -0.2) is 4.39 Å². The van der Waals surface area contributed by atoms with Crippen LogP contribution in [0.25, 0.3) is 16.9 Å². The maximum absolute atomic E-state index is 13.4. The van der Waals surface area contributed by atoms with Gasteiger partial charge in [0.1, 0.15) is 17.3 Å². The van der Waals surface area contributed by atoms with E-state index in [0.29, 0.717) is 0 Å². The van der Waals surface area contributed by atoms with Crippen molar-refractivity contribution in [2.24, 2.45) is 4.99 Å². The molecule has 136 valence electrons. The van der Waals surface area contributed by atoms with E-state index in [0.717, 1.165) is 53.3 Å². The molecule has 3 aromatic rings. The summed E-state index contributed by atoms with van der Waals surface area (Å²) in [7, 11) is 0. The van der Waals surface area contributed by atoms with Crippen LogP contribution in [0.4, 0.5) is 4.39 Å². The summed E-state index contributed by atoms with van der Waals surface area (Å²) in [6.07, 6.45) is 2.92. The smallest absolute Gasteiger partial charge is 0.149 e. The van der Waals surface area contributed by atoms with Crippen molar-refractivity contribution >= 4 is 11.3 Å². The molecule has 0 amide bonds. The first kappa shape index (κ1) is 17.5. The van der Waals surface area contributed by atoms with Crippen LogP contribution in [0, 0.1) is 12.7 Å². The van der Waals surface area contributed by atoms with Crippen LogP contribution in [0.5, 0.6) is 0 Å². The van der Waals surface area contributed by atoms with Crippen LogP contribution in [0.3, 0.4) is 0 Å². The Morgan fingerprint density at radius 1 is 0.889 bits per heavy atom. The Kier molecular flexibility index (Phi) is 4.76. The minimum absolute atomic E-state index is 0.231. The van der Waals surface area contributed by atoms with Gasteiger partial charge in [0.05, 0.1) is 5.71 Å². The van der Waals surface area contributed by atoms with Crippen molar-refractivity contribution in [2.75, 3.05) is 0 Å². The Hall–Kier alpha value is -2.94. The third-order valence-electron chi connectivity index (χ3n) is 5.05. The summed E-state index contributed by atoms with van der Waals surface area (Å²) in [5.41, 5.74) is 6.33. The molecule has 0 N–H and O–H groups in total. The van der Waals surface area contributed by atoms with Crippen LogP contribution in [-0.2, 0) is 0 Å². The molecule has 0 saturated heterocycles. The van der Waals surface area contributed by atoms with E-state index in [1.54, 1.807) is 6.07 Å². The first-order chi connectivity index (χ1) is 13.1. The Labute approximate surface area is 159 Å². The fourth-order valence-corrected chi connectivity index (χ4v) is 3.65. The van der Waals surface area contributed by atoms with Crippen molar-refractivity contribution in [3.05, 3.63) is 89.1 Å². The van der Waals surface area contributed by atoms with Gasteiger partial charge in [0.25, 0.3) is 0 Å². The second kappa shape index (κ2) is 7.36. The predicted octanol–water partition coefficient (Wildman–Crippen LogP) is 6.80. The second-order valence-corrected chi connectivity index (χ2v) is 6.97. The van der Waals surface area contributed by atoms with Crippen molar-refractivity contribution in [2.45, 2.75) is 33.1 Å². The molecule has 0 unspecified atom stereocenters. The second-order valence-electron chi connectivity index (χ2n) is 6.97. The average molecular weight is 359 g/mol. The lowest BCUT2D eigenvalue weighted by Gasteiger charge is -2.07. The summed E-state index contributed by atoms with van der Waals surface area (Å²) in [6.45, 7) is 3.96. The highest BCUT2D eigenvalue weighted by atomic mass is 19.1. The fourth-order valence-electron chi connectivity index (χ4n) is 3.65. The van der Waals surface area contributed by atoms with Crippen LogP contribution < -0.4 is 0 Å². The molecule has 2 nitrogen and oxygen atoms in total. The van der Waals surface area contributed by atoms with Crippen LogP contribution in [0.1, 0.15) is 43.1 Å². The minimum atomic E-state index is -0.231. The molecule has 0 radical (unpaired) electrons. The van der Waals surface area contributed by atoms with E-state index in [1.807, 2.05) is 25.1 Å². The van der Waals surface area contributed by atoms with Gasteiger partial charge >= 0.3 is 0 Å². The molecule has 2 heterocycles. The lowest BCUT2D eigenvalue weighted by Crippen LogP contribution is -1.98. The molecule has 3 heteroatoms. The van der Waals surface area contributed by atoms with E-state index < -0.39 is 0 Å². The Bertz CT molecular complexity index is 1030. The van der Waals surface area contributed by atoms with Gasteiger partial charge in [-0.3, -0.25) is 4.99 Å². The van der Waals surface area contributed by atoms with E-state index in [1.165, 1.54) is 23.3 Å². The summed E-state index contributed by atoms with van der Waals surface area (Å²) in [4.78, 5) is 4.89. The first-order valence-corrected chi connectivity index (χ1v) is 9.31. The highest BCUT2D eigenvalue weighted by Gasteiger charge is 2.17. The number of benzene rings is 2. The van der Waals surface area contributed by atoms with E-state index >= 15 is 0 Å². The van der Waals surface area contributed by atoms with Gasteiger partial charge in [-0.2, -0.15) is 0 Å². The fraction of sp³-hybridized carbons (Fsp3) is 0.208. The summed E-state index contributed by atoms with van der Waals surface area (Å²) in [5.74, 6) is 1.31. The maximum atomic E-state index is 13.4. The van der Waals surface area contributed by atoms with Gasteiger partial charge in [0.2, 0.25) is 0 Å². The quantitative estimate of drug-likeness (QED) is 0.505. The van der Waals surface area contributed by atoms with Crippen molar-refractivity contribution in [1.29, 1.82) is 0 Å². The maximum Gasteiger partial charge on any atom is 0.149 e. The normalized spacial score (nSPS) is 14.9. The predicted molar refractivity (Wildman–Crippen MR) is 108 cm³/mol. The molecule has 0 spiro atoms. The topological polar surface area (TPSA) is 25.5 Å². The van der Waals surface area contributed by atoms with Crippen molar-refractivity contribution in [1.82, 2.24) is 0 Å². The zero-order chi connectivity index (χ0) is 18.8. The van der Waals surface area contributed by atoms with Gasteiger partial charge < -0.3 is 4.42 Å². The number of aliphatic imine (C=N–C) groups is 1. The van der Waals surface area contributed by atoms with Crippen LogP contribution >= 0.6 is 0 Å². The highest BCUT2D eigenvalue weighted by Crippen LogP contribution is 2.31. The summed E-state index contributed by atoms with van der Waals surface area (Å²) < 4.78 is 19.5. The van der Waals surface area contributed by atoms with Crippen LogP contribution in [0.15, 0.2) is 75.8 Å². The van der Waals surface area contributed by atoms with Gasteiger partial charge in [0, 0.05) is 11.3 Å². The van der Waals surface area contributed by atoms with E-state index in [-0.39, 0.29) is 5.82 Å². The lowest BCUT2D eigenvalue weighted by molar-refractivity contribution is 0.568. The summed E-state index contributed by atoms with van der Waals surface area (Å²) >= 11 is 0. The van der Waals surface area contributed by atoms with Gasteiger partial charge in [0.15, 0.2) is 0 Å². The van der Waals surface area contributed by atoms with Crippen LogP contribution in [-0.4, -0.2) is 5.71 Å². The first-order valence-electron chi connectivity index (χ1n) is 9.31. The molecule has 0 bridgehead atoms. The minimum Gasteiger partial charge on any atom is -0.455 e. The average Bonchev–Trinajstić information content (AvgIpc) is 3.06. The number of hydrogen-bond donors (Lipinski definition) is 0. The highest BCUT2D eigenvalue weighted by molar-refractivity contribution is 6.00. The molecular formula is C24H22FNO. The molecular weight excluding hydrogens is 337 g/mol. The summed E-state index contributed by atoms with van der Waals surface area (Å²) in [6, 6.07) is 19.1.